The summed E-state index contributed by atoms with van der Waals surface area (Å²) in [6.07, 6.45) is 6.43. The molecular weight excluding hydrogens is 466 g/mol. The molecule has 3 aromatic rings. The highest BCUT2D eigenvalue weighted by atomic mass is 32.2. The molecule has 0 spiro atoms. The Morgan fingerprint density at radius 2 is 2.06 bits per heavy atom. The second-order valence-corrected chi connectivity index (χ2v) is 11.6. The maximum absolute atomic E-state index is 13.4. The van der Waals surface area contributed by atoms with Gasteiger partial charge in [0.1, 0.15) is 21.3 Å². The molecule has 5 rings (SSSR count). The summed E-state index contributed by atoms with van der Waals surface area (Å²) in [4.78, 5) is 23.0. The molecule has 33 heavy (non-hydrogen) atoms. The van der Waals surface area contributed by atoms with Crippen molar-refractivity contribution in [2.24, 2.45) is 5.92 Å². The molecule has 1 N–H and O–H groups in total. The van der Waals surface area contributed by atoms with E-state index in [1.54, 1.807) is 19.2 Å². The van der Waals surface area contributed by atoms with Crippen LogP contribution in [0.15, 0.2) is 29.4 Å². The fraction of sp³-hybridized carbons (Fsp3) is 0.524. The summed E-state index contributed by atoms with van der Waals surface area (Å²) < 4.78 is 37.4. The number of amides is 1. The summed E-state index contributed by atoms with van der Waals surface area (Å²) in [5.41, 5.74) is 0.661. The van der Waals surface area contributed by atoms with Crippen LogP contribution in [0.25, 0.3) is 10.3 Å². The first-order chi connectivity index (χ1) is 15.9. The van der Waals surface area contributed by atoms with Gasteiger partial charge in [0.15, 0.2) is 15.0 Å². The molecule has 3 aromatic heterocycles. The molecule has 10 nitrogen and oxygen atoms in total. The van der Waals surface area contributed by atoms with E-state index in [0.717, 1.165) is 12.8 Å². The van der Waals surface area contributed by atoms with Crippen molar-refractivity contribution in [3.8, 4) is 5.88 Å². The molecule has 1 atom stereocenters. The minimum absolute atomic E-state index is 0.172. The van der Waals surface area contributed by atoms with Gasteiger partial charge < -0.3 is 14.8 Å². The number of ether oxygens (including phenoxy) is 2. The third-order valence-electron chi connectivity index (χ3n) is 6.06. The van der Waals surface area contributed by atoms with Crippen LogP contribution in [0.5, 0.6) is 5.88 Å². The molecule has 0 bridgehead atoms. The van der Waals surface area contributed by atoms with Crippen molar-refractivity contribution in [1.29, 1.82) is 0 Å². The molecule has 12 heteroatoms. The van der Waals surface area contributed by atoms with E-state index in [-0.39, 0.29) is 22.0 Å². The van der Waals surface area contributed by atoms with E-state index in [0.29, 0.717) is 53.8 Å². The Morgan fingerprint density at radius 3 is 2.79 bits per heavy atom. The Morgan fingerprint density at radius 1 is 1.27 bits per heavy atom. The van der Waals surface area contributed by atoms with Crippen LogP contribution in [0.1, 0.15) is 38.1 Å². The number of rotatable bonds is 8. The lowest BCUT2D eigenvalue weighted by Crippen LogP contribution is -2.30. The maximum atomic E-state index is 13.4. The van der Waals surface area contributed by atoms with E-state index in [4.69, 9.17) is 9.47 Å². The number of nitrogens with one attached hydrogen (secondary N) is 1. The summed E-state index contributed by atoms with van der Waals surface area (Å²) in [7, 11) is -1.84. The quantitative estimate of drug-likeness (QED) is 0.510. The van der Waals surface area contributed by atoms with E-state index in [2.05, 4.69) is 20.4 Å². The highest BCUT2D eigenvalue weighted by Crippen LogP contribution is 2.34. The number of sulfone groups is 1. The minimum Gasteiger partial charge on any atom is -0.481 e. The first kappa shape index (κ1) is 22.2. The third-order valence-corrected chi connectivity index (χ3v) is 9.16. The fourth-order valence-electron chi connectivity index (χ4n) is 4.00. The molecule has 1 saturated heterocycles. The van der Waals surface area contributed by atoms with Crippen molar-refractivity contribution in [2.75, 3.05) is 25.6 Å². The zero-order valence-electron chi connectivity index (χ0n) is 18.1. The molecule has 1 amide bonds. The van der Waals surface area contributed by atoms with Gasteiger partial charge in [-0.2, -0.15) is 5.10 Å². The monoisotopic (exact) mass is 491 g/mol. The predicted octanol–water partition coefficient (Wildman–Crippen LogP) is 2.83. The normalized spacial score (nSPS) is 18.3. The van der Waals surface area contributed by atoms with E-state index in [1.165, 1.54) is 28.4 Å². The van der Waals surface area contributed by atoms with Crippen LogP contribution in [0, 0.1) is 5.92 Å². The van der Waals surface area contributed by atoms with Gasteiger partial charge in [0.05, 0.1) is 18.6 Å². The Hall–Kier alpha value is -2.57. The standard InChI is InChI=1S/C21H25N5O5S2/c1-30-18-5-4-16-20(24-18)32-21(23-16)25-19(27)17(10-13-6-8-31-9-7-13)26-12-15(11-22-26)33(28,29)14-2-3-14/h4-5,11-14,17H,2-3,6-10H2,1H3,(H,23,25,27)/t17-/m0/s1. The van der Waals surface area contributed by atoms with Gasteiger partial charge in [-0.3, -0.25) is 9.48 Å². The number of methoxy groups -OCH3 is 1. The topological polar surface area (TPSA) is 125 Å². The highest BCUT2D eigenvalue weighted by molar-refractivity contribution is 7.92. The minimum atomic E-state index is -3.39. The van der Waals surface area contributed by atoms with Gasteiger partial charge in [-0.15, -0.1) is 0 Å². The molecule has 0 unspecified atom stereocenters. The molecule has 0 aromatic carbocycles. The molecule has 0 radical (unpaired) electrons. The van der Waals surface area contributed by atoms with Gasteiger partial charge in [-0.05, 0) is 44.1 Å². The third kappa shape index (κ3) is 4.73. The number of pyridine rings is 1. The predicted molar refractivity (Wildman–Crippen MR) is 122 cm³/mol. The van der Waals surface area contributed by atoms with Gasteiger partial charge in [0.25, 0.3) is 5.91 Å². The SMILES string of the molecule is COc1ccc2nc(NC(=O)[C@H](CC3CCOCC3)n3cc(S(=O)(=O)C4CC4)cn3)sc2n1. The molecule has 4 heterocycles. The number of fused-ring (bicyclic) bond motifs is 1. The van der Waals surface area contributed by atoms with Crippen molar-refractivity contribution in [2.45, 2.75) is 48.3 Å². The van der Waals surface area contributed by atoms with Crippen LogP contribution in [0.4, 0.5) is 5.13 Å². The van der Waals surface area contributed by atoms with E-state index in [9.17, 15) is 13.2 Å². The number of hydrogen-bond acceptors (Lipinski definition) is 9. The van der Waals surface area contributed by atoms with Crippen LogP contribution in [-0.4, -0.2) is 59.6 Å². The molecule has 176 valence electrons. The Balaban J connectivity index is 1.40. The zero-order valence-corrected chi connectivity index (χ0v) is 19.8. The summed E-state index contributed by atoms with van der Waals surface area (Å²) in [6.45, 7) is 1.32. The number of anilines is 1. The van der Waals surface area contributed by atoms with Crippen molar-refractivity contribution in [3.63, 3.8) is 0 Å². The highest BCUT2D eigenvalue weighted by Gasteiger charge is 2.38. The van der Waals surface area contributed by atoms with Crippen LogP contribution in [0.3, 0.4) is 0 Å². The Bertz CT molecular complexity index is 1260. The van der Waals surface area contributed by atoms with Crippen molar-refractivity contribution in [3.05, 3.63) is 24.5 Å². The number of aromatic nitrogens is 4. The van der Waals surface area contributed by atoms with Crippen molar-refractivity contribution >= 4 is 42.6 Å². The first-order valence-corrected chi connectivity index (χ1v) is 13.3. The largest absolute Gasteiger partial charge is 0.481 e. The lowest BCUT2D eigenvalue weighted by Gasteiger charge is -2.26. The molecule has 1 saturated carbocycles. The summed E-state index contributed by atoms with van der Waals surface area (Å²) in [5, 5.41) is 7.27. The van der Waals surface area contributed by atoms with Gasteiger partial charge in [0, 0.05) is 25.5 Å². The van der Waals surface area contributed by atoms with E-state index >= 15 is 0 Å². The number of nitrogens with zero attached hydrogens (tertiary/aromatic N) is 4. The fourth-order valence-corrected chi connectivity index (χ4v) is 6.42. The smallest absolute Gasteiger partial charge is 0.251 e. The summed E-state index contributed by atoms with van der Waals surface area (Å²) >= 11 is 1.26. The average Bonchev–Trinajstić information content (AvgIpc) is 3.44. The van der Waals surface area contributed by atoms with Gasteiger partial charge in [0.2, 0.25) is 5.88 Å². The maximum Gasteiger partial charge on any atom is 0.251 e. The average molecular weight is 492 g/mol. The Labute approximate surface area is 195 Å². The van der Waals surface area contributed by atoms with Gasteiger partial charge in [-0.25, -0.2) is 18.4 Å². The number of hydrogen-bond donors (Lipinski definition) is 1. The lowest BCUT2D eigenvalue weighted by molar-refractivity contribution is -0.120. The second-order valence-electron chi connectivity index (χ2n) is 8.39. The first-order valence-electron chi connectivity index (χ1n) is 10.9. The van der Waals surface area contributed by atoms with Crippen LogP contribution >= 0.6 is 11.3 Å². The molecule has 2 fully saturated rings. The van der Waals surface area contributed by atoms with Crippen LogP contribution < -0.4 is 10.1 Å². The van der Waals surface area contributed by atoms with E-state index in [1.807, 2.05) is 0 Å². The second kappa shape index (κ2) is 8.99. The molecular formula is C21H25N5O5S2. The van der Waals surface area contributed by atoms with E-state index < -0.39 is 15.9 Å². The number of carbonyl (C=O) groups excluding carboxylic acids is 1. The zero-order chi connectivity index (χ0) is 23.0. The molecule has 2 aliphatic rings. The van der Waals surface area contributed by atoms with Crippen LogP contribution in [-0.2, 0) is 19.4 Å². The van der Waals surface area contributed by atoms with Gasteiger partial charge in [-0.1, -0.05) is 11.3 Å². The molecule has 1 aliphatic carbocycles. The van der Waals surface area contributed by atoms with Crippen molar-refractivity contribution < 1.29 is 22.7 Å². The van der Waals surface area contributed by atoms with Gasteiger partial charge >= 0.3 is 0 Å². The Kier molecular flexibility index (Phi) is 6.06. The number of carbonyl (C=O) groups is 1. The summed E-state index contributed by atoms with van der Waals surface area (Å²) in [6, 6.07) is 2.84. The summed E-state index contributed by atoms with van der Waals surface area (Å²) in [5.74, 6) is 0.469. The molecule has 1 aliphatic heterocycles. The van der Waals surface area contributed by atoms with Crippen LogP contribution in [0.2, 0.25) is 0 Å². The van der Waals surface area contributed by atoms with Crippen molar-refractivity contribution in [1.82, 2.24) is 19.7 Å². The number of thiazole rings is 1. The lowest BCUT2D eigenvalue weighted by atomic mass is 9.92.